The molecule has 0 unspecified atom stereocenters. The number of amides is 1. The highest BCUT2D eigenvalue weighted by Crippen LogP contribution is 2.18. The first-order chi connectivity index (χ1) is 8.81. The van der Waals surface area contributed by atoms with Crippen LogP contribution >= 0.6 is 0 Å². The second kappa shape index (κ2) is 4.56. The van der Waals surface area contributed by atoms with Gasteiger partial charge >= 0.3 is 0 Å². The maximum Gasteiger partial charge on any atom is 0.227 e. The molecule has 0 aliphatic heterocycles. The first-order valence-electron chi connectivity index (χ1n) is 5.92. The number of nitrogens with zero attached hydrogens (tertiary/aromatic N) is 3. The lowest BCUT2D eigenvalue weighted by Crippen LogP contribution is -2.27. The number of aromatic nitrogens is 4. The number of hydrogen-bond acceptors (Lipinski definition) is 4. The molecule has 1 aliphatic rings. The van der Waals surface area contributed by atoms with Gasteiger partial charge in [-0.2, -0.15) is 5.10 Å². The molecule has 3 rings (SSSR count). The van der Waals surface area contributed by atoms with Crippen molar-refractivity contribution in [3.8, 4) is 11.4 Å². The number of pyridine rings is 1. The molecule has 1 amide bonds. The molecule has 2 aromatic rings. The summed E-state index contributed by atoms with van der Waals surface area (Å²) in [4.78, 5) is 19.8. The van der Waals surface area contributed by atoms with Gasteiger partial charge in [-0.3, -0.25) is 14.9 Å². The van der Waals surface area contributed by atoms with Gasteiger partial charge in [-0.1, -0.05) is 0 Å². The summed E-state index contributed by atoms with van der Waals surface area (Å²) in [5, 5.41) is 9.79. The molecule has 0 aromatic carbocycles. The molecule has 2 aromatic heterocycles. The number of H-pyrrole nitrogens is 1. The van der Waals surface area contributed by atoms with Crippen molar-refractivity contribution in [3.63, 3.8) is 0 Å². The molecule has 2 N–H and O–H groups in total. The molecule has 1 aliphatic carbocycles. The van der Waals surface area contributed by atoms with Gasteiger partial charge in [0.1, 0.15) is 5.82 Å². The van der Waals surface area contributed by atoms with Crippen LogP contribution in [-0.4, -0.2) is 32.1 Å². The Morgan fingerprint density at radius 2 is 2.17 bits per heavy atom. The topological polar surface area (TPSA) is 83.6 Å². The molecule has 0 spiro atoms. The fraction of sp³-hybridized carbons (Fsp3) is 0.333. The molecule has 0 radical (unpaired) electrons. The van der Waals surface area contributed by atoms with Gasteiger partial charge < -0.3 is 5.32 Å². The average molecular weight is 243 g/mol. The van der Waals surface area contributed by atoms with Crippen LogP contribution in [0.1, 0.15) is 18.7 Å². The monoisotopic (exact) mass is 243 g/mol. The predicted octanol–water partition coefficient (Wildman–Crippen LogP) is 0.688. The third-order valence-corrected chi connectivity index (χ3v) is 2.74. The highest BCUT2D eigenvalue weighted by atomic mass is 16.1. The van der Waals surface area contributed by atoms with E-state index in [4.69, 9.17) is 0 Å². The van der Waals surface area contributed by atoms with Crippen LogP contribution in [0, 0.1) is 0 Å². The predicted molar refractivity (Wildman–Crippen MR) is 64.5 cm³/mol. The Morgan fingerprint density at radius 1 is 1.39 bits per heavy atom. The first-order valence-corrected chi connectivity index (χ1v) is 5.92. The zero-order valence-corrected chi connectivity index (χ0v) is 9.76. The second-order valence-electron chi connectivity index (χ2n) is 4.36. The lowest BCUT2D eigenvalue weighted by molar-refractivity contribution is -0.120. The van der Waals surface area contributed by atoms with Crippen molar-refractivity contribution in [2.24, 2.45) is 0 Å². The molecule has 92 valence electrons. The van der Waals surface area contributed by atoms with Gasteiger partial charge in [-0.05, 0) is 25.0 Å². The summed E-state index contributed by atoms with van der Waals surface area (Å²) in [6, 6.07) is 4.04. The van der Waals surface area contributed by atoms with E-state index in [1.807, 2.05) is 12.1 Å². The Hall–Kier alpha value is -2.24. The zero-order chi connectivity index (χ0) is 12.4. The molecule has 6 nitrogen and oxygen atoms in total. The van der Waals surface area contributed by atoms with Crippen LogP contribution < -0.4 is 5.32 Å². The Balaban J connectivity index is 1.67. The minimum absolute atomic E-state index is 0.00470. The van der Waals surface area contributed by atoms with Crippen LogP contribution in [0.25, 0.3) is 11.4 Å². The summed E-state index contributed by atoms with van der Waals surface area (Å²) in [6.45, 7) is 0. The lowest BCUT2D eigenvalue weighted by atomic mass is 10.2. The summed E-state index contributed by atoms with van der Waals surface area (Å²) in [6.07, 6.45) is 5.79. The van der Waals surface area contributed by atoms with Gasteiger partial charge in [0.05, 0.1) is 6.42 Å². The number of carbonyl (C=O) groups is 1. The van der Waals surface area contributed by atoms with Crippen LogP contribution in [-0.2, 0) is 11.2 Å². The number of nitrogens with one attached hydrogen (secondary N) is 2. The van der Waals surface area contributed by atoms with E-state index in [0.29, 0.717) is 17.7 Å². The summed E-state index contributed by atoms with van der Waals surface area (Å²) in [7, 11) is 0. The molecular weight excluding hydrogens is 230 g/mol. The van der Waals surface area contributed by atoms with Crippen molar-refractivity contribution in [1.29, 1.82) is 0 Å². The number of rotatable bonds is 4. The van der Waals surface area contributed by atoms with Gasteiger partial charge in [-0.25, -0.2) is 4.98 Å². The number of carbonyl (C=O) groups excluding carboxylic acids is 1. The smallest absolute Gasteiger partial charge is 0.227 e. The quantitative estimate of drug-likeness (QED) is 0.827. The number of hydrogen-bond donors (Lipinski definition) is 2. The molecule has 1 fully saturated rings. The van der Waals surface area contributed by atoms with Crippen molar-refractivity contribution >= 4 is 5.91 Å². The fourth-order valence-corrected chi connectivity index (χ4v) is 1.66. The van der Waals surface area contributed by atoms with E-state index in [2.05, 4.69) is 25.5 Å². The van der Waals surface area contributed by atoms with E-state index in [9.17, 15) is 4.79 Å². The van der Waals surface area contributed by atoms with Crippen molar-refractivity contribution in [2.45, 2.75) is 25.3 Å². The molecule has 0 bridgehead atoms. The highest BCUT2D eigenvalue weighted by Gasteiger charge is 2.23. The minimum Gasteiger partial charge on any atom is -0.353 e. The van der Waals surface area contributed by atoms with Crippen LogP contribution in [0.2, 0.25) is 0 Å². The number of aromatic amines is 1. The summed E-state index contributed by atoms with van der Waals surface area (Å²) < 4.78 is 0. The van der Waals surface area contributed by atoms with E-state index >= 15 is 0 Å². The Bertz CT molecular complexity index is 547. The van der Waals surface area contributed by atoms with Crippen molar-refractivity contribution in [3.05, 3.63) is 30.4 Å². The maximum atomic E-state index is 11.6. The molecule has 1 saturated carbocycles. The normalized spacial score (nSPS) is 14.4. The van der Waals surface area contributed by atoms with Gasteiger partial charge in [0.15, 0.2) is 5.82 Å². The fourth-order valence-electron chi connectivity index (χ4n) is 1.66. The third kappa shape index (κ3) is 2.53. The molecule has 0 saturated heterocycles. The van der Waals surface area contributed by atoms with E-state index in [1.165, 1.54) is 0 Å². The van der Waals surface area contributed by atoms with Gasteiger partial charge in [0.2, 0.25) is 5.91 Å². The third-order valence-electron chi connectivity index (χ3n) is 2.74. The molecule has 0 atom stereocenters. The van der Waals surface area contributed by atoms with Crippen molar-refractivity contribution < 1.29 is 4.79 Å². The Morgan fingerprint density at radius 3 is 2.89 bits per heavy atom. The van der Waals surface area contributed by atoms with E-state index in [1.54, 1.807) is 12.4 Å². The molecule has 2 heterocycles. The molecule has 6 heteroatoms. The van der Waals surface area contributed by atoms with Gasteiger partial charge in [-0.15, -0.1) is 0 Å². The van der Waals surface area contributed by atoms with E-state index < -0.39 is 0 Å². The summed E-state index contributed by atoms with van der Waals surface area (Å²) in [5.74, 6) is 1.17. The van der Waals surface area contributed by atoms with Crippen LogP contribution in [0.4, 0.5) is 0 Å². The first kappa shape index (κ1) is 10.9. The van der Waals surface area contributed by atoms with Crippen molar-refractivity contribution in [1.82, 2.24) is 25.5 Å². The SMILES string of the molecule is O=C(Cc1nc(-c2ccncc2)n[nH]1)NC1CC1. The second-order valence-corrected chi connectivity index (χ2v) is 4.36. The zero-order valence-electron chi connectivity index (χ0n) is 9.76. The van der Waals surface area contributed by atoms with Gasteiger partial charge in [0, 0.05) is 24.0 Å². The van der Waals surface area contributed by atoms with E-state index in [-0.39, 0.29) is 12.3 Å². The van der Waals surface area contributed by atoms with Crippen LogP contribution in [0.3, 0.4) is 0 Å². The summed E-state index contributed by atoms with van der Waals surface area (Å²) >= 11 is 0. The molecule has 18 heavy (non-hydrogen) atoms. The molecular formula is C12H13N5O. The van der Waals surface area contributed by atoms with Crippen molar-refractivity contribution in [2.75, 3.05) is 0 Å². The minimum atomic E-state index is -0.00470. The summed E-state index contributed by atoms with van der Waals surface area (Å²) in [5.41, 5.74) is 0.884. The Labute approximate surface area is 104 Å². The van der Waals surface area contributed by atoms with Crippen LogP contribution in [0.15, 0.2) is 24.5 Å². The lowest BCUT2D eigenvalue weighted by Gasteiger charge is -1.99. The van der Waals surface area contributed by atoms with Gasteiger partial charge in [0.25, 0.3) is 0 Å². The van der Waals surface area contributed by atoms with Crippen LogP contribution in [0.5, 0.6) is 0 Å². The average Bonchev–Trinajstić information content (AvgIpc) is 3.06. The maximum absolute atomic E-state index is 11.6. The highest BCUT2D eigenvalue weighted by molar-refractivity contribution is 5.78. The standard InChI is InChI=1S/C12H13N5O/c18-11(14-9-1-2-9)7-10-15-12(17-16-10)8-3-5-13-6-4-8/h3-6,9H,1-2,7H2,(H,14,18)(H,15,16,17). The van der Waals surface area contributed by atoms with E-state index in [0.717, 1.165) is 18.4 Å². The largest absolute Gasteiger partial charge is 0.353 e. The Kier molecular flexibility index (Phi) is 2.76.